The molecule has 0 saturated carbocycles. The predicted molar refractivity (Wildman–Crippen MR) is 53.2 cm³/mol. The minimum absolute atomic E-state index is 0.197. The normalized spacial score (nSPS) is 10.4. The Bertz CT molecular complexity index is 487. The summed E-state index contributed by atoms with van der Waals surface area (Å²) < 4.78 is 10.2. The van der Waals surface area contributed by atoms with E-state index in [1.165, 1.54) is 7.11 Å². The number of rotatable bonds is 2. The minimum Gasteiger partial charge on any atom is -0.468 e. The van der Waals surface area contributed by atoms with Crippen LogP contribution in [0.2, 0.25) is 5.02 Å². The van der Waals surface area contributed by atoms with E-state index in [2.05, 4.69) is 0 Å². The van der Waals surface area contributed by atoms with E-state index < -0.39 is 0 Å². The van der Waals surface area contributed by atoms with Crippen molar-refractivity contribution in [2.24, 2.45) is 0 Å². The Hall–Kier alpha value is -1.48. The Morgan fingerprint density at radius 1 is 1.50 bits per heavy atom. The summed E-state index contributed by atoms with van der Waals surface area (Å²) in [5, 5.41) is 1.14. The van der Waals surface area contributed by atoms with Gasteiger partial charge < -0.3 is 9.15 Å². The van der Waals surface area contributed by atoms with E-state index in [1.807, 2.05) is 0 Å². The van der Waals surface area contributed by atoms with Crippen LogP contribution in [0.5, 0.6) is 5.95 Å². The van der Waals surface area contributed by atoms with Crippen molar-refractivity contribution in [3.63, 3.8) is 0 Å². The zero-order valence-corrected chi connectivity index (χ0v) is 8.17. The lowest BCUT2D eigenvalue weighted by molar-refractivity contribution is 0.111. The first-order valence-electron chi connectivity index (χ1n) is 3.98. The van der Waals surface area contributed by atoms with Gasteiger partial charge in [0.05, 0.1) is 12.1 Å². The van der Waals surface area contributed by atoms with Crippen molar-refractivity contribution in [3.05, 3.63) is 28.8 Å². The first-order valence-corrected chi connectivity index (χ1v) is 4.36. The molecule has 0 bridgehead atoms. The molecule has 3 nitrogen and oxygen atoms in total. The third-order valence-corrected chi connectivity index (χ3v) is 2.27. The number of benzene rings is 1. The summed E-state index contributed by atoms with van der Waals surface area (Å²) in [6.07, 6.45) is 0.695. The highest BCUT2D eigenvalue weighted by Gasteiger charge is 2.15. The van der Waals surface area contributed by atoms with Crippen LogP contribution < -0.4 is 4.74 Å². The second-order valence-electron chi connectivity index (χ2n) is 2.74. The molecule has 0 aliphatic carbocycles. The number of carbonyl (C=O) groups excluding carboxylic acids is 1. The Morgan fingerprint density at radius 2 is 2.29 bits per heavy atom. The van der Waals surface area contributed by atoms with Crippen molar-refractivity contribution in [1.82, 2.24) is 0 Å². The molecule has 4 heteroatoms. The number of hydrogen-bond donors (Lipinski definition) is 0. The molecule has 72 valence electrons. The number of furan rings is 1. The van der Waals surface area contributed by atoms with Crippen molar-refractivity contribution in [2.45, 2.75) is 0 Å². The molecule has 1 aromatic carbocycles. The molecule has 0 unspecified atom stereocenters. The first kappa shape index (κ1) is 9.09. The van der Waals surface area contributed by atoms with Gasteiger partial charge in [0, 0.05) is 5.39 Å². The topological polar surface area (TPSA) is 39.4 Å². The van der Waals surface area contributed by atoms with Gasteiger partial charge in [-0.25, -0.2) is 0 Å². The van der Waals surface area contributed by atoms with Crippen LogP contribution in [0.3, 0.4) is 0 Å². The van der Waals surface area contributed by atoms with Crippen LogP contribution in [-0.4, -0.2) is 13.4 Å². The molecule has 2 aromatic rings. The van der Waals surface area contributed by atoms with Crippen molar-refractivity contribution in [2.75, 3.05) is 7.11 Å². The highest BCUT2D eigenvalue weighted by Crippen LogP contribution is 2.34. The number of methoxy groups -OCH3 is 1. The van der Waals surface area contributed by atoms with E-state index in [0.717, 1.165) is 0 Å². The van der Waals surface area contributed by atoms with Gasteiger partial charge in [0.15, 0.2) is 11.9 Å². The van der Waals surface area contributed by atoms with Gasteiger partial charge in [0.2, 0.25) is 0 Å². The van der Waals surface area contributed by atoms with Crippen LogP contribution in [-0.2, 0) is 0 Å². The molecule has 1 aromatic heterocycles. The van der Waals surface area contributed by atoms with E-state index in [1.54, 1.807) is 18.2 Å². The number of fused-ring (bicyclic) bond motifs is 1. The Kier molecular flexibility index (Phi) is 2.17. The first-order chi connectivity index (χ1) is 6.77. The van der Waals surface area contributed by atoms with Crippen molar-refractivity contribution < 1.29 is 13.9 Å². The van der Waals surface area contributed by atoms with Crippen LogP contribution >= 0.6 is 11.6 Å². The summed E-state index contributed by atoms with van der Waals surface area (Å²) >= 11 is 5.89. The standard InChI is InChI=1S/C10H7ClO3/c1-13-10-7(5-12)6-3-2-4-8(11)9(6)14-10/h2-5H,1H3. The molecule has 14 heavy (non-hydrogen) atoms. The Balaban J connectivity index is 2.86. The van der Waals surface area contributed by atoms with Gasteiger partial charge in [-0.15, -0.1) is 0 Å². The number of carbonyl (C=O) groups is 1. The van der Waals surface area contributed by atoms with E-state index in [9.17, 15) is 4.79 Å². The van der Waals surface area contributed by atoms with Gasteiger partial charge >= 0.3 is 0 Å². The van der Waals surface area contributed by atoms with Crippen LogP contribution in [0.1, 0.15) is 10.4 Å². The number of para-hydroxylation sites is 1. The lowest BCUT2D eigenvalue weighted by atomic mass is 10.2. The molecule has 0 fully saturated rings. The fourth-order valence-electron chi connectivity index (χ4n) is 1.35. The second kappa shape index (κ2) is 3.35. The molecular formula is C10H7ClO3. The van der Waals surface area contributed by atoms with Crippen molar-refractivity contribution in [1.29, 1.82) is 0 Å². The smallest absolute Gasteiger partial charge is 0.296 e. The van der Waals surface area contributed by atoms with Gasteiger partial charge in [-0.2, -0.15) is 0 Å². The zero-order chi connectivity index (χ0) is 10.1. The molecule has 0 aliphatic heterocycles. The highest BCUT2D eigenvalue weighted by molar-refractivity contribution is 6.35. The molecule has 0 amide bonds. The summed E-state index contributed by atoms with van der Waals surface area (Å²) in [7, 11) is 1.44. The lowest BCUT2D eigenvalue weighted by Gasteiger charge is -1.91. The molecule has 0 spiro atoms. The Morgan fingerprint density at radius 3 is 2.93 bits per heavy atom. The van der Waals surface area contributed by atoms with E-state index in [-0.39, 0.29) is 5.95 Å². The summed E-state index contributed by atoms with van der Waals surface area (Å²) in [5.74, 6) is 0.197. The van der Waals surface area contributed by atoms with E-state index in [0.29, 0.717) is 27.8 Å². The maximum Gasteiger partial charge on any atom is 0.296 e. The molecule has 0 N–H and O–H groups in total. The van der Waals surface area contributed by atoms with Gasteiger partial charge in [0.1, 0.15) is 5.56 Å². The number of hydrogen-bond acceptors (Lipinski definition) is 3. The van der Waals surface area contributed by atoms with E-state index in [4.69, 9.17) is 20.8 Å². The van der Waals surface area contributed by atoms with Gasteiger partial charge in [0.25, 0.3) is 5.95 Å². The lowest BCUT2D eigenvalue weighted by Crippen LogP contribution is -1.84. The number of aldehydes is 1. The molecular weight excluding hydrogens is 204 g/mol. The molecule has 0 radical (unpaired) electrons. The van der Waals surface area contributed by atoms with Crippen LogP contribution in [0, 0.1) is 0 Å². The summed E-state index contributed by atoms with van der Waals surface area (Å²) in [4.78, 5) is 10.8. The quantitative estimate of drug-likeness (QED) is 0.716. The predicted octanol–water partition coefficient (Wildman–Crippen LogP) is 2.91. The van der Waals surface area contributed by atoms with Crippen LogP contribution in [0.15, 0.2) is 22.6 Å². The molecule has 0 saturated heterocycles. The van der Waals surface area contributed by atoms with Gasteiger partial charge in [-0.05, 0) is 6.07 Å². The van der Waals surface area contributed by atoms with Gasteiger partial charge in [-0.1, -0.05) is 23.7 Å². The SMILES string of the molecule is COc1oc2c(Cl)cccc2c1C=O. The van der Waals surface area contributed by atoms with Crippen molar-refractivity contribution >= 4 is 28.9 Å². The van der Waals surface area contributed by atoms with E-state index >= 15 is 0 Å². The van der Waals surface area contributed by atoms with Crippen molar-refractivity contribution in [3.8, 4) is 5.95 Å². The third-order valence-electron chi connectivity index (χ3n) is 1.98. The van der Waals surface area contributed by atoms with Crippen LogP contribution in [0.25, 0.3) is 11.0 Å². The maximum atomic E-state index is 10.8. The highest BCUT2D eigenvalue weighted by atomic mass is 35.5. The van der Waals surface area contributed by atoms with Crippen LogP contribution in [0.4, 0.5) is 0 Å². The second-order valence-corrected chi connectivity index (χ2v) is 3.15. The molecule has 1 heterocycles. The fraction of sp³-hybridized carbons (Fsp3) is 0.100. The minimum atomic E-state index is 0.197. The number of halogens is 1. The summed E-state index contributed by atoms with van der Waals surface area (Å²) in [6.45, 7) is 0. The molecule has 2 rings (SSSR count). The summed E-state index contributed by atoms with van der Waals surface area (Å²) in [5.41, 5.74) is 0.873. The zero-order valence-electron chi connectivity index (χ0n) is 7.41. The number of ether oxygens (including phenoxy) is 1. The average Bonchev–Trinajstić information content (AvgIpc) is 2.57. The molecule has 0 aliphatic rings. The Labute approximate surface area is 85.2 Å². The average molecular weight is 211 g/mol. The monoisotopic (exact) mass is 210 g/mol. The fourth-order valence-corrected chi connectivity index (χ4v) is 1.56. The van der Waals surface area contributed by atoms with Gasteiger partial charge in [-0.3, -0.25) is 4.79 Å². The maximum absolute atomic E-state index is 10.8. The largest absolute Gasteiger partial charge is 0.468 e. The third kappa shape index (κ3) is 1.17. The molecule has 0 atom stereocenters. The summed E-state index contributed by atoms with van der Waals surface area (Å²) in [6, 6.07) is 5.21.